The van der Waals surface area contributed by atoms with Crippen molar-refractivity contribution >= 4 is 23.1 Å². The van der Waals surface area contributed by atoms with Gasteiger partial charge in [0.25, 0.3) is 17.2 Å². The van der Waals surface area contributed by atoms with E-state index in [0.717, 1.165) is 29.7 Å². The maximum atomic E-state index is 13.3. The Bertz CT molecular complexity index is 1840. The van der Waals surface area contributed by atoms with Gasteiger partial charge in [-0.1, -0.05) is 36.4 Å². The van der Waals surface area contributed by atoms with E-state index in [4.69, 9.17) is 10.7 Å². The highest BCUT2D eigenvalue weighted by Crippen LogP contribution is 2.47. The lowest BCUT2D eigenvalue weighted by molar-refractivity contribution is -0.272. The molecule has 2 atom stereocenters. The van der Waals surface area contributed by atoms with Crippen LogP contribution in [0.25, 0.3) is 28.0 Å². The van der Waals surface area contributed by atoms with Gasteiger partial charge < -0.3 is 15.7 Å². The summed E-state index contributed by atoms with van der Waals surface area (Å²) >= 11 is 0. The maximum Gasteiger partial charge on any atom is 0.276 e. The summed E-state index contributed by atoms with van der Waals surface area (Å²) in [5.41, 5.74) is 10.5. The van der Waals surface area contributed by atoms with Gasteiger partial charge in [0.2, 0.25) is 0 Å². The summed E-state index contributed by atoms with van der Waals surface area (Å²) in [5.74, 6) is -0.454. The van der Waals surface area contributed by atoms with Gasteiger partial charge in [-0.05, 0) is 36.6 Å². The van der Waals surface area contributed by atoms with Gasteiger partial charge in [0, 0.05) is 47.1 Å². The minimum absolute atomic E-state index is 0.0426. The summed E-state index contributed by atoms with van der Waals surface area (Å²) in [5, 5.41) is 31.0. The second kappa shape index (κ2) is 9.62. The molecule has 2 aliphatic heterocycles. The molecule has 6 N–H and O–H groups in total. The average Bonchev–Trinajstić information content (AvgIpc) is 3.68. The number of rotatable bonds is 5. The Morgan fingerprint density at radius 3 is 2.40 bits per heavy atom. The van der Waals surface area contributed by atoms with Crippen molar-refractivity contribution in [2.24, 2.45) is 0 Å². The van der Waals surface area contributed by atoms with Crippen LogP contribution in [0.1, 0.15) is 47.7 Å². The normalized spacial score (nSPS) is 20.4. The van der Waals surface area contributed by atoms with Crippen molar-refractivity contribution in [1.29, 1.82) is 0 Å². The molecule has 0 radical (unpaired) electrons. The first kappa shape index (κ1) is 26.1. The molecule has 13 heteroatoms. The van der Waals surface area contributed by atoms with Crippen LogP contribution in [-0.2, 0) is 0 Å². The van der Waals surface area contributed by atoms with E-state index < -0.39 is 10.4 Å². The first-order chi connectivity index (χ1) is 20.2. The van der Waals surface area contributed by atoms with Gasteiger partial charge in [-0.25, -0.2) is 4.98 Å². The number of amides is 1. The van der Waals surface area contributed by atoms with Gasteiger partial charge in [0.15, 0.2) is 11.5 Å². The molecular weight excluding hydrogens is 538 g/mol. The quantitative estimate of drug-likeness (QED) is 0.158. The highest BCUT2D eigenvalue weighted by Gasteiger charge is 2.47. The third kappa shape index (κ3) is 4.17. The fraction of sp³-hybridized carbons (Fsp3) is 0.276. The maximum absolute atomic E-state index is 13.3. The number of hydrogen-bond acceptors (Lipinski definition) is 8. The molecule has 1 aromatic carbocycles. The number of nitrogens with zero attached hydrogens (tertiary/aromatic N) is 6. The van der Waals surface area contributed by atoms with Gasteiger partial charge >= 0.3 is 0 Å². The molecule has 13 nitrogen and oxygen atoms in total. The Balaban J connectivity index is 1.28. The Morgan fingerprint density at radius 2 is 1.79 bits per heavy atom. The van der Waals surface area contributed by atoms with Gasteiger partial charge in [0.1, 0.15) is 18.3 Å². The number of nitrogens with one attached hydrogen (secondary N) is 2. The SMILES string of the molecule is C[N+](O)(O)c1c(C2CC3CCC(C2)N3C(=O)c2c[nH][nH]c2=O)nc2c(-c3ccc(-c4ccccc4)nc3)cnn2c1N. The lowest BCUT2D eigenvalue weighted by Gasteiger charge is -2.39. The van der Waals surface area contributed by atoms with Crippen LogP contribution in [0.4, 0.5) is 11.5 Å². The number of quaternary nitrogens is 1. The Labute approximate surface area is 239 Å². The van der Waals surface area contributed by atoms with Crippen LogP contribution in [-0.4, -0.2) is 70.1 Å². The molecule has 214 valence electrons. The van der Waals surface area contributed by atoms with Crippen LogP contribution in [0.2, 0.25) is 0 Å². The third-order valence-corrected chi connectivity index (χ3v) is 8.48. The van der Waals surface area contributed by atoms with Crippen molar-refractivity contribution < 1.29 is 15.2 Å². The summed E-state index contributed by atoms with van der Waals surface area (Å²) in [6.07, 6.45) is 7.44. The zero-order chi connectivity index (χ0) is 29.2. The number of aromatic amines is 2. The van der Waals surface area contributed by atoms with E-state index in [-0.39, 0.29) is 41.0 Å². The first-order valence-corrected chi connectivity index (χ1v) is 13.8. The van der Waals surface area contributed by atoms with Crippen LogP contribution in [0.3, 0.4) is 0 Å². The summed E-state index contributed by atoms with van der Waals surface area (Å²) < 4.78 is 1.41. The number of benzene rings is 1. The fourth-order valence-electron chi connectivity index (χ4n) is 6.62. The fourth-order valence-corrected chi connectivity index (χ4v) is 6.62. The third-order valence-electron chi connectivity index (χ3n) is 8.48. The van der Waals surface area contributed by atoms with Crippen LogP contribution < -0.4 is 16.1 Å². The van der Waals surface area contributed by atoms with E-state index in [9.17, 15) is 20.0 Å². The van der Waals surface area contributed by atoms with Gasteiger partial charge in [-0.15, -0.1) is 0 Å². The molecule has 2 fully saturated rings. The number of pyridine rings is 1. The molecule has 5 aromatic rings. The molecule has 0 aliphatic carbocycles. The number of fused-ring (bicyclic) bond motifs is 3. The summed E-state index contributed by atoms with van der Waals surface area (Å²) in [6, 6.07) is 13.5. The molecule has 2 unspecified atom stereocenters. The lowest BCUT2D eigenvalue weighted by atomic mass is 9.86. The summed E-state index contributed by atoms with van der Waals surface area (Å²) in [4.78, 5) is 35.3. The smallest absolute Gasteiger partial charge is 0.276 e. The number of carbonyl (C=O) groups excluding carboxylic acids is 1. The highest BCUT2D eigenvalue weighted by molar-refractivity contribution is 5.94. The van der Waals surface area contributed by atoms with Crippen molar-refractivity contribution in [3.05, 3.63) is 82.7 Å². The standard InChI is InChI=1S/C29H29N9O4/c1-38(41,42)25-24(18-11-19-8-9-20(12-18)36(19)29(40)22-14-32-35-28(22)39)34-27-21(15-33-37(27)26(25)30)17-7-10-23(31-13-17)16-5-3-2-4-6-16/h2-7,10,13-15,18-20,41-42H,8-9,11-12H2,1H3,(H3-,30,32,33,34,35,39,40)/p+1. The highest BCUT2D eigenvalue weighted by atomic mass is 16.8. The second-order valence-electron chi connectivity index (χ2n) is 11.2. The number of anilines is 1. The van der Waals surface area contributed by atoms with Crippen molar-refractivity contribution in [1.82, 2.24) is 39.5 Å². The molecule has 0 saturated carbocycles. The van der Waals surface area contributed by atoms with Crippen molar-refractivity contribution in [3.8, 4) is 22.4 Å². The Hall–Kier alpha value is -4.85. The minimum atomic E-state index is -1.51. The monoisotopic (exact) mass is 568 g/mol. The lowest BCUT2D eigenvalue weighted by Crippen LogP contribution is -2.47. The van der Waals surface area contributed by atoms with E-state index in [1.165, 1.54) is 17.8 Å². The van der Waals surface area contributed by atoms with Crippen LogP contribution in [0, 0.1) is 0 Å². The number of nitrogens with two attached hydrogens (primary N) is 1. The van der Waals surface area contributed by atoms with E-state index in [1.807, 2.05) is 42.5 Å². The van der Waals surface area contributed by atoms with Crippen molar-refractivity contribution in [2.75, 3.05) is 12.8 Å². The molecule has 2 saturated heterocycles. The predicted molar refractivity (Wildman–Crippen MR) is 154 cm³/mol. The summed E-state index contributed by atoms with van der Waals surface area (Å²) in [7, 11) is 1.20. The van der Waals surface area contributed by atoms with E-state index >= 15 is 0 Å². The van der Waals surface area contributed by atoms with Crippen LogP contribution >= 0.6 is 0 Å². The Morgan fingerprint density at radius 1 is 1.05 bits per heavy atom. The number of piperidine rings is 1. The molecule has 1 amide bonds. The van der Waals surface area contributed by atoms with E-state index in [0.29, 0.717) is 29.7 Å². The molecule has 2 aliphatic rings. The van der Waals surface area contributed by atoms with Crippen LogP contribution in [0.15, 0.2) is 65.8 Å². The topological polar surface area (TPSA) is 179 Å². The first-order valence-electron chi connectivity index (χ1n) is 13.8. The second-order valence-corrected chi connectivity index (χ2v) is 11.2. The van der Waals surface area contributed by atoms with Crippen molar-refractivity contribution in [2.45, 2.75) is 43.7 Å². The molecule has 6 heterocycles. The largest absolute Gasteiger partial charge is 0.378 e. The molecule has 4 aromatic heterocycles. The van der Waals surface area contributed by atoms with E-state index in [2.05, 4.69) is 20.3 Å². The number of carbonyl (C=O) groups is 1. The molecule has 7 rings (SSSR count). The number of nitrogen functional groups attached to an aromatic ring is 1. The number of hydrogen-bond donors (Lipinski definition) is 5. The van der Waals surface area contributed by atoms with Crippen LogP contribution in [0.5, 0.6) is 0 Å². The molecule has 2 bridgehead atoms. The average molecular weight is 569 g/mol. The zero-order valence-electron chi connectivity index (χ0n) is 22.8. The molecule has 42 heavy (non-hydrogen) atoms. The Kier molecular flexibility index (Phi) is 5.97. The van der Waals surface area contributed by atoms with Gasteiger partial charge in [-0.2, -0.15) is 20.0 Å². The predicted octanol–water partition coefficient (Wildman–Crippen LogP) is 3.32. The van der Waals surface area contributed by atoms with E-state index in [1.54, 1.807) is 17.3 Å². The number of H-pyrrole nitrogens is 2. The summed E-state index contributed by atoms with van der Waals surface area (Å²) in [6.45, 7) is 0. The number of hydroxylamine groups is 2. The number of aromatic nitrogens is 6. The zero-order valence-corrected chi connectivity index (χ0v) is 22.8. The molecule has 0 spiro atoms. The van der Waals surface area contributed by atoms with Crippen molar-refractivity contribution in [3.63, 3.8) is 0 Å². The minimum Gasteiger partial charge on any atom is -0.378 e. The van der Waals surface area contributed by atoms with Gasteiger partial charge in [-0.3, -0.25) is 19.7 Å². The molecular formula is C29H30N9O4+. The van der Waals surface area contributed by atoms with Gasteiger partial charge in [0.05, 0.1) is 11.9 Å².